The zero-order valence-corrected chi connectivity index (χ0v) is 15.0. The number of nitrogens with one attached hydrogen (secondary N) is 1. The molecule has 134 valence electrons. The maximum Gasteiger partial charge on any atom is 0.281 e. The van der Waals surface area contributed by atoms with Crippen molar-refractivity contribution in [2.24, 2.45) is 0 Å². The van der Waals surface area contributed by atoms with Gasteiger partial charge in [-0.05, 0) is 37.6 Å². The van der Waals surface area contributed by atoms with Crippen LogP contribution in [0.5, 0.6) is 11.5 Å². The molecule has 3 rings (SSSR count). The van der Waals surface area contributed by atoms with Crippen molar-refractivity contribution in [3.63, 3.8) is 0 Å². The summed E-state index contributed by atoms with van der Waals surface area (Å²) in [6.45, 7) is 3.57. The van der Waals surface area contributed by atoms with Crippen LogP contribution in [0.4, 0.5) is 5.69 Å². The van der Waals surface area contributed by atoms with Crippen molar-refractivity contribution in [3.8, 4) is 11.5 Å². The predicted octanol–water partition coefficient (Wildman–Crippen LogP) is 2.58. The smallest absolute Gasteiger partial charge is 0.281 e. The molecule has 0 atom stereocenters. The Labute approximate surface area is 150 Å². The largest absolute Gasteiger partial charge is 0.497 e. The highest BCUT2D eigenvalue weighted by atomic mass is 16.5. The first kappa shape index (κ1) is 17.5. The molecule has 0 unspecified atom stereocenters. The fourth-order valence-electron chi connectivity index (χ4n) is 2.67. The number of amides is 1. The minimum atomic E-state index is -0.447. The van der Waals surface area contributed by atoms with Crippen LogP contribution in [0.15, 0.2) is 41.3 Å². The monoisotopic (exact) mass is 353 g/mol. The van der Waals surface area contributed by atoms with Crippen LogP contribution in [-0.2, 0) is 0 Å². The van der Waals surface area contributed by atoms with E-state index in [1.807, 2.05) is 13.0 Å². The van der Waals surface area contributed by atoms with Crippen LogP contribution in [0.3, 0.4) is 0 Å². The van der Waals surface area contributed by atoms with Crippen LogP contribution in [-0.4, -0.2) is 29.5 Å². The normalized spacial score (nSPS) is 10.6. The minimum absolute atomic E-state index is 0.139. The Bertz CT molecular complexity index is 1030. The van der Waals surface area contributed by atoms with E-state index in [2.05, 4.69) is 10.3 Å². The molecule has 3 aromatic rings. The average Bonchev–Trinajstić information content (AvgIpc) is 2.65. The zero-order chi connectivity index (χ0) is 18.8. The molecule has 0 aliphatic rings. The van der Waals surface area contributed by atoms with E-state index in [4.69, 9.17) is 9.47 Å². The molecule has 0 spiro atoms. The van der Waals surface area contributed by atoms with Crippen LogP contribution < -0.4 is 20.3 Å². The Kier molecular flexibility index (Phi) is 4.62. The number of carbonyl (C=O) groups is 1. The van der Waals surface area contributed by atoms with Crippen molar-refractivity contribution in [2.75, 3.05) is 19.5 Å². The van der Waals surface area contributed by atoms with Crippen LogP contribution in [0.2, 0.25) is 0 Å². The lowest BCUT2D eigenvalue weighted by atomic mass is 10.1. The lowest BCUT2D eigenvalue weighted by Crippen LogP contribution is -2.25. The zero-order valence-electron chi connectivity index (χ0n) is 15.0. The number of hydrogen-bond acceptors (Lipinski definition) is 5. The van der Waals surface area contributed by atoms with Crippen molar-refractivity contribution in [1.82, 2.24) is 9.38 Å². The summed E-state index contributed by atoms with van der Waals surface area (Å²) >= 11 is 0. The van der Waals surface area contributed by atoms with E-state index in [0.29, 0.717) is 28.4 Å². The molecule has 1 N–H and O–H groups in total. The first-order chi connectivity index (χ1) is 12.4. The summed E-state index contributed by atoms with van der Waals surface area (Å²) in [5, 5.41) is 2.66. The number of nitrogens with zero attached hydrogens (tertiary/aromatic N) is 2. The Morgan fingerprint density at radius 2 is 1.77 bits per heavy atom. The molecule has 0 fully saturated rings. The first-order valence-corrected chi connectivity index (χ1v) is 7.97. The standard InChI is InChI=1S/C19H19N3O4/c1-11-6-5-7-22-17(11)20-12(2)16(19(22)24)21-18(23)13-8-14(25-3)10-15(9-13)26-4/h5-10H,1-4H3,(H,21,23). The number of aromatic nitrogens is 2. The number of benzene rings is 1. The highest BCUT2D eigenvalue weighted by Gasteiger charge is 2.16. The average molecular weight is 353 g/mol. The van der Waals surface area contributed by atoms with Crippen molar-refractivity contribution >= 4 is 17.2 Å². The van der Waals surface area contributed by atoms with Gasteiger partial charge >= 0.3 is 0 Å². The summed E-state index contributed by atoms with van der Waals surface area (Å²) in [4.78, 5) is 29.9. The Hall–Kier alpha value is -3.35. The first-order valence-electron chi connectivity index (χ1n) is 7.97. The molecule has 2 heterocycles. The van der Waals surface area contributed by atoms with Crippen LogP contribution in [0.25, 0.3) is 5.65 Å². The molecule has 2 aromatic heterocycles. The van der Waals surface area contributed by atoms with Crippen LogP contribution in [0.1, 0.15) is 21.6 Å². The van der Waals surface area contributed by atoms with E-state index >= 15 is 0 Å². The summed E-state index contributed by atoms with van der Waals surface area (Å²) in [5.41, 5.74) is 2.01. The number of methoxy groups -OCH3 is 2. The van der Waals surface area contributed by atoms with Gasteiger partial charge < -0.3 is 14.8 Å². The topological polar surface area (TPSA) is 81.9 Å². The van der Waals surface area contributed by atoms with Gasteiger partial charge in [-0.2, -0.15) is 0 Å². The summed E-state index contributed by atoms with van der Waals surface area (Å²) in [6, 6.07) is 8.45. The van der Waals surface area contributed by atoms with E-state index in [1.165, 1.54) is 18.6 Å². The predicted molar refractivity (Wildman–Crippen MR) is 98.4 cm³/mol. The Balaban J connectivity index is 2.04. The summed E-state index contributed by atoms with van der Waals surface area (Å²) < 4.78 is 11.8. The number of aryl methyl sites for hydroxylation is 2. The van der Waals surface area contributed by atoms with Gasteiger partial charge in [0.25, 0.3) is 11.5 Å². The van der Waals surface area contributed by atoms with Crippen molar-refractivity contribution in [3.05, 3.63) is 63.7 Å². The van der Waals surface area contributed by atoms with Gasteiger partial charge in [-0.15, -0.1) is 0 Å². The number of fused-ring (bicyclic) bond motifs is 1. The van der Waals surface area contributed by atoms with E-state index in [9.17, 15) is 9.59 Å². The lowest BCUT2D eigenvalue weighted by Gasteiger charge is -2.12. The molecule has 1 aromatic carbocycles. The van der Waals surface area contributed by atoms with Gasteiger partial charge in [-0.3, -0.25) is 14.0 Å². The third-order valence-electron chi connectivity index (χ3n) is 4.08. The molecule has 0 saturated heterocycles. The third-order valence-corrected chi connectivity index (χ3v) is 4.08. The van der Waals surface area contributed by atoms with Crippen molar-refractivity contribution in [2.45, 2.75) is 13.8 Å². The lowest BCUT2D eigenvalue weighted by molar-refractivity contribution is 0.102. The number of ether oxygens (including phenoxy) is 2. The van der Waals surface area contributed by atoms with Crippen molar-refractivity contribution < 1.29 is 14.3 Å². The molecule has 0 saturated carbocycles. The molecule has 0 bridgehead atoms. The minimum Gasteiger partial charge on any atom is -0.497 e. The van der Waals surface area contributed by atoms with E-state index in [0.717, 1.165) is 5.56 Å². The molecular formula is C19H19N3O4. The Morgan fingerprint density at radius 1 is 1.12 bits per heavy atom. The molecular weight excluding hydrogens is 334 g/mol. The van der Waals surface area contributed by atoms with Gasteiger partial charge in [-0.25, -0.2) is 4.98 Å². The van der Waals surface area contributed by atoms with Gasteiger partial charge in [0.05, 0.1) is 19.9 Å². The number of rotatable bonds is 4. The molecule has 26 heavy (non-hydrogen) atoms. The number of anilines is 1. The van der Waals surface area contributed by atoms with Gasteiger partial charge in [-0.1, -0.05) is 6.07 Å². The summed E-state index contributed by atoms with van der Waals surface area (Å²) in [7, 11) is 3.01. The second-order valence-corrected chi connectivity index (χ2v) is 5.82. The molecule has 0 aliphatic heterocycles. The third kappa shape index (κ3) is 3.11. The number of pyridine rings is 1. The van der Waals surface area contributed by atoms with Crippen LogP contribution >= 0.6 is 0 Å². The van der Waals surface area contributed by atoms with Gasteiger partial charge in [0.1, 0.15) is 22.8 Å². The quantitative estimate of drug-likeness (QED) is 0.780. The fraction of sp³-hybridized carbons (Fsp3) is 0.211. The van der Waals surface area contributed by atoms with Crippen LogP contribution in [0, 0.1) is 13.8 Å². The highest BCUT2D eigenvalue weighted by molar-refractivity contribution is 6.05. The van der Waals surface area contributed by atoms with Gasteiger partial charge in [0.15, 0.2) is 0 Å². The maximum atomic E-state index is 12.8. The Morgan fingerprint density at radius 3 is 2.38 bits per heavy atom. The number of carbonyl (C=O) groups excluding carboxylic acids is 1. The molecule has 7 nitrogen and oxygen atoms in total. The second kappa shape index (κ2) is 6.87. The molecule has 7 heteroatoms. The second-order valence-electron chi connectivity index (χ2n) is 5.82. The van der Waals surface area contributed by atoms with E-state index in [1.54, 1.807) is 37.4 Å². The SMILES string of the molecule is COc1cc(OC)cc(C(=O)Nc2c(C)nc3c(C)cccn3c2=O)c1. The van der Waals surface area contributed by atoms with E-state index < -0.39 is 5.91 Å². The summed E-state index contributed by atoms with van der Waals surface area (Å²) in [6.07, 6.45) is 1.63. The maximum absolute atomic E-state index is 12.8. The fourth-order valence-corrected chi connectivity index (χ4v) is 2.67. The van der Waals surface area contributed by atoms with Gasteiger partial charge in [0, 0.05) is 17.8 Å². The van der Waals surface area contributed by atoms with Crippen molar-refractivity contribution in [1.29, 1.82) is 0 Å². The molecule has 0 radical (unpaired) electrons. The molecule has 1 amide bonds. The highest BCUT2D eigenvalue weighted by Crippen LogP contribution is 2.23. The van der Waals surface area contributed by atoms with E-state index in [-0.39, 0.29) is 11.2 Å². The van der Waals surface area contributed by atoms with Gasteiger partial charge in [0.2, 0.25) is 0 Å². The summed E-state index contributed by atoms with van der Waals surface area (Å²) in [5.74, 6) is 0.516. The molecule has 0 aliphatic carbocycles. The number of hydrogen-bond donors (Lipinski definition) is 1.